The van der Waals surface area contributed by atoms with Crippen molar-refractivity contribution in [1.29, 1.82) is 0 Å². The Labute approximate surface area is 126 Å². The van der Waals surface area contributed by atoms with Crippen molar-refractivity contribution >= 4 is 11.9 Å². The van der Waals surface area contributed by atoms with Gasteiger partial charge in [0.25, 0.3) is 0 Å². The Morgan fingerprint density at radius 3 is 2.48 bits per heavy atom. The summed E-state index contributed by atoms with van der Waals surface area (Å²) in [6, 6.07) is 9.74. The highest BCUT2D eigenvalue weighted by Gasteiger charge is 2.13. The third kappa shape index (κ3) is 8.09. The summed E-state index contributed by atoms with van der Waals surface area (Å²) >= 11 is 0. The number of aliphatic carboxylic acids is 1. The van der Waals surface area contributed by atoms with Crippen LogP contribution in [0.2, 0.25) is 0 Å². The molecule has 0 aliphatic rings. The molecule has 1 aromatic rings. The number of carbonyl (C=O) groups is 2. The van der Waals surface area contributed by atoms with Gasteiger partial charge in [0.15, 0.2) is 0 Å². The molecule has 0 aromatic heterocycles. The van der Waals surface area contributed by atoms with Crippen molar-refractivity contribution in [3.05, 3.63) is 35.9 Å². The Balaban J connectivity index is 2.55. The van der Waals surface area contributed by atoms with Crippen molar-refractivity contribution in [3.8, 4) is 0 Å². The lowest BCUT2D eigenvalue weighted by Crippen LogP contribution is -2.39. The molecule has 0 atom stereocenters. The average molecular weight is 292 g/mol. The molecule has 0 saturated carbocycles. The zero-order valence-corrected chi connectivity index (χ0v) is 12.7. The number of amides is 1. The van der Waals surface area contributed by atoms with Gasteiger partial charge < -0.3 is 10.4 Å². The number of nitrogens with one attached hydrogen (secondary N) is 1. The van der Waals surface area contributed by atoms with E-state index in [1.165, 1.54) is 0 Å². The number of carboxylic acid groups (broad SMARTS) is 1. The van der Waals surface area contributed by atoms with Crippen molar-refractivity contribution in [1.82, 2.24) is 10.2 Å². The van der Waals surface area contributed by atoms with E-state index in [4.69, 9.17) is 5.11 Å². The molecule has 0 fully saturated rings. The van der Waals surface area contributed by atoms with Crippen LogP contribution in [0.25, 0.3) is 0 Å². The van der Waals surface area contributed by atoms with Gasteiger partial charge in [-0.3, -0.25) is 14.5 Å². The first-order valence-corrected chi connectivity index (χ1v) is 7.22. The quantitative estimate of drug-likeness (QED) is 0.727. The van der Waals surface area contributed by atoms with Gasteiger partial charge in [-0.25, -0.2) is 0 Å². The van der Waals surface area contributed by atoms with E-state index in [0.717, 1.165) is 5.56 Å². The van der Waals surface area contributed by atoms with Crippen LogP contribution < -0.4 is 5.32 Å². The summed E-state index contributed by atoms with van der Waals surface area (Å²) in [5.74, 6) is -0.517. The standard InChI is InChI=1S/C16H24N2O3/c1-13(2)10-17-15(19)12-18(9-8-16(20)21)11-14-6-4-3-5-7-14/h3-7,13H,8-12H2,1-2H3,(H,17,19)(H,20,21). The summed E-state index contributed by atoms with van der Waals surface area (Å²) in [6.07, 6.45) is 0.0320. The summed E-state index contributed by atoms with van der Waals surface area (Å²) in [6.45, 7) is 5.85. The van der Waals surface area contributed by atoms with Gasteiger partial charge >= 0.3 is 5.97 Å². The maximum absolute atomic E-state index is 11.9. The largest absolute Gasteiger partial charge is 0.481 e. The first kappa shape index (κ1) is 17.2. The zero-order chi connectivity index (χ0) is 15.7. The third-order valence-electron chi connectivity index (χ3n) is 2.97. The van der Waals surface area contributed by atoms with Gasteiger partial charge in [0.05, 0.1) is 13.0 Å². The van der Waals surface area contributed by atoms with Crippen LogP contribution in [-0.4, -0.2) is 41.5 Å². The molecule has 2 N–H and O–H groups in total. The van der Waals surface area contributed by atoms with Crippen molar-refractivity contribution in [2.75, 3.05) is 19.6 Å². The molecule has 0 aliphatic carbocycles. The molecular weight excluding hydrogens is 268 g/mol. The molecule has 1 aromatic carbocycles. The van der Waals surface area contributed by atoms with Gasteiger partial charge in [-0.2, -0.15) is 0 Å². The number of nitrogens with zero attached hydrogens (tertiary/aromatic N) is 1. The van der Waals surface area contributed by atoms with Gasteiger partial charge in [0, 0.05) is 19.6 Å². The van der Waals surface area contributed by atoms with E-state index in [9.17, 15) is 9.59 Å². The Morgan fingerprint density at radius 1 is 1.24 bits per heavy atom. The zero-order valence-electron chi connectivity index (χ0n) is 12.7. The Morgan fingerprint density at radius 2 is 1.90 bits per heavy atom. The third-order valence-corrected chi connectivity index (χ3v) is 2.97. The molecule has 116 valence electrons. The second-order valence-electron chi connectivity index (χ2n) is 5.54. The molecule has 21 heavy (non-hydrogen) atoms. The Kier molecular flexibility index (Phi) is 7.46. The van der Waals surface area contributed by atoms with Gasteiger partial charge in [-0.15, -0.1) is 0 Å². The van der Waals surface area contributed by atoms with Crippen LogP contribution in [0.4, 0.5) is 0 Å². The molecule has 0 bridgehead atoms. The highest BCUT2D eigenvalue weighted by molar-refractivity contribution is 5.78. The van der Waals surface area contributed by atoms with Crippen molar-refractivity contribution in [2.24, 2.45) is 5.92 Å². The average Bonchev–Trinajstić information content (AvgIpc) is 2.43. The summed E-state index contributed by atoms with van der Waals surface area (Å²) in [7, 11) is 0. The summed E-state index contributed by atoms with van der Waals surface area (Å²) < 4.78 is 0. The van der Waals surface area contributed by atoms with E-state index >= 15 is 0 Å². The van der Waals surface area contributed by atoms with Crippen LogP contribution in [0.15, 0.2) is 30.3 Å². The van der Waals surface area contributed by atoms with Gasteiger partial charge in [0.2, 0.25) is 5.91 Å². The first-order valence-electron chi connectivity index (χ1n) is 7.22. The van der Waals surface area contributed by atoms with Crippen LogP contribution >= 0.6 is 0 Å². The highest BCUT2D eigenvalue weighted by atomic mass is 16.4. The second-order valence-corrected chi connectivity index (χ2v) is 5.54. The first-order chi connectivity index (χ1) is 9.97. The molecular formula is C16H24N2O3. The van der Waals surface area contributed by atoms with Crippen LogP contribution in [-0.2, 0) is 16.1 Å². The SMILES string of the molecule is CC(C)CNC(=O)CN(CCC(=O)O)Cc1ccccc1. The fourth-order valence-corrected chi connectivity index (χ4v) is 1.89. The van der Waals surface area contributed by atoms with Crippen LogP contribution in [0.3, 0.4) is 0 Å². The van der Waals surface area contributed by atoms with E-state index in [0.29, 0.717) is 25.6 Å². The summed E-state index contributed by atoms with van der Waals surface area (Å²) in [4.78, 5) is 24.5. The van der Waals surface area contributed by atoms with Crippen molar-refractivity contribution < 1.29 is 14.7 Å². The molecule has 5 heteroatoms. The monoisotopic (exact) mass is 292 g/mol. The number of rotatable bonds is 9. The Hall–Kier alpha value is -1.88. The van der Waals surface area contributed by atoms with E-state index in [-0.39, 0.29) is 18.9 Å². The van der Waals surface area contributed by atoms with E-state index in [1.807, 2.05) is 49.1 Å². The molecule has 5 nitrogen and oxygen atoms in total. The minimum atomic E-state index is -0.851. The lowest BCUT2D eigenvalue weighted by Gasteiger charge is -2.21. The summed E-state index contributed by atoms with van der Waals surface area (Å²) in [5, 5.41) is 11.7. The molecule has 1 amide bonds. The van der Waals surface area contributed by atoms with Gasteiger partial charge in [-0.1, -0.05) is 44.2 Å². The molecule has 0 unspecified atom stereocenters. The number of benzene rings is 1. The minimum Gasteiger partial charge on any atom is -0.481 e. The fraction of sp³-hybridized carbons (Fsp3) is 0.500. The molecule has 0 heterocycles. The predicted molar refractivity (Wildman–Crippen MR) is 81.8 cm³/mol. The Bertz CT molecular complexity index is 446. The maximum atomic E-state index is 11.9. The number of hydrogen-bond donors (Lipinski definition) is 2. The molecule has 0 aliphatic heterocycles. The van der Waals surface area contributed by atoms with Crippen LogP contribution in [0.5, 0.6) is 0 Å². The van der Waals surface area contributed by atoms with E-state index in [2.05, 4.69) is 5.32 Å². The summed E-state index contributed by atoms with van der Waals surface area (Å²) in [5.41, 5.74) is 1.07. The number of carbonyl (C=O) groups excluding carboxylic acids is 1. The lowest BCUT2D eigenvalue weighted by atomic mass is 10.2. The fourth-order valence-electron chi connectivity index (χ4n) is 1.89. The van der Waals surface area contributed by atoms with Gasteiger partial charge in [-0.05, 0) is 11.5 Å². The van der Waals surface area contributed by atoms with Crippen LogP contribution in [0.1, 0.15) is 25.8 Å². The minimum absolute atomic E-state index is 0.0320. The van der Waals surface area contributed by atoms with E-state index < -0.39 is 5.97 Å². The molecule has 0 saturated heterocycles. The second kappa shape index (κ2) is 9.13. The molecule has 0 radical (unpaired) electrons. The molecule has 0 spiro atoms. The van der Waals surface area contributed by atoms with Crippen molar-refractivity contribution in [3.63, 3.8) is 0 Å². The van der Waals surface area contributed by atoms with Crippen molar-refractivity contribution in [2.45, 2.75) is 26.8 Å². The lowest BCUT2D eigenvalue weighted by molar-refractivity contribution is -0.137. The number of hydrogen-bond acceptors (Lipinski definition) is 3. The highest BCUT2D eigenvalue weighted by Crippen LogP contribution is 2.05. The predicted octanol–water partition coefficient (Wildman–Crippen LogP) is 1.74. The van der Waals surface area contributed by atoms with E-state index in [1.54, 1.807) is 0 Å². The maximum Gasteiger partial charge on any atom is 0.304 e. The van der Waals surface area contributed by atoms with Crippen LogP contribution in [0, 0.1) is 5.92 Å². The smallest absolute Gasteiger partial charge is 0.304 e. The topological polar surface area (TPSA) is 69.6 Å². The van der Waals surface area contributed by atoms with Gasteiger partial charge in [0.1, 0.15) is 0 Å². The molecule has 1 rings (SSSR count). The normalized spacial score (nSPS) is 10.9. The number of carboxylic acids is 1.